The molecule has 2 aromatic rings. The van der Waals surface area contributed by atoms with Crippen LogP contribution in [-0.2, 0) is 29.7 Å². The van der Waals surface area contributed by atoms with E-state index in [9.17, 15) is 4.79 Å². The average Bonchev–Trinajstić information content (AvgIpc) is 3.08. The van der Waals surface area contributed by atoms with Gasteiger partial charge in [-0.15, -0.1) is 10.2 Å². The first-order chi connectivity index (χ1) is 10.7. The molecule has 0 saturated heterocycles. The van der Waals surface area contributed by atoms with Crippen LogP contribution in [0.2, 0.25) is 0 Å². The standard InChI is InChI=1S/C17H20N4O/c1-20(12-15-19-18-14-8-5-11-21(14)15)16(22)17(9-10-17)13-6-3-2-4-7-13/h2-4,6-7H,5,8-12H2,1H3. The van der Waals surface area contributed by atoms with Crippen molar-refractivity contribution < 1.29 is 4.79 Å². The summed E-state index contributed by atoms with van der Waals surface area (Å²) in [6.07, 6.45) is 4.01. The van der Waals surface area contributed by atoms with Gasteiger partial charge in [0.2, 0.25) is 5.91 Å². The molecule has 0 N–H and O–H groups in total. The highest BCUT2D eigenvalue weighted by Crippen LogP contribution is 2.49. The van der Waals surface area contributed by atoms with Crippen molar-refractivity contribution in [2.24, 2.45) is 0 Å². The van der Waals surface area contributed by atoms with Crippen LogP contribution in [0.4, 0.5) is 0 Å². The molecule has 1 amide bonds. The summed E-state index contributed by atoms with van der Waals surface area (Å²) in [7, 11) is 1.88. The predicted molar refractivity (Wildman–Crippen MR) is 82.2 cm³/mol. The Hall–Kier alpha value is -2.17. The fourth-order valence-electron chi connectivity index (χ4n) is 3.49. The number of amides is 1. The normalized spacial score (nSPS) is 18.0. The summed E-state index contributed by atoms with van der Waals surface area (Å²) < 4.78 is 2.16. The molecule has 2 aliphatic rings. The fourth-order valence-corrected chi connectivity index (χ4v) is 3.49. The van der Waals surface area contributed by atoms with Crippen LogP contribution in [0.1, 0.15) is 36.5 Å². The number of rotatable bonds is 4. The van der Waals surface area contributed by atoms with E-state index in [-0.39, 0.29) is 11.3 Å². The number of hydrogen-bond acceptors (Lipinski definition) is 3. The average molecular weight is 296 g/mol. The second-order valence-electron chi connectivity index (χ2n) is 6.40. The van der Waals surface area contributed by atoms with E-state index in [0.717, 1.165) is 49.4 Å². The SMILES string of the molecule is CN(Cc1nnc2n1CCC2)C(=O)C1(c2ccccc2)CC1. The zero-order valence-corrected chi connectivity index (χ0v) is 12.8. The molecule has 0 atom stereocenters. The Bertz CT molecular complexity index is 703. The molecule has 1 aliphatic carbocycles. The second-order valence-corrected chi connectivity index (χ2v) is 6.40. The van der Waals surface area contributed by atoms with Gasteiger partial charge in [-0.05, 0) is 24.8 Å². The first-order valence-electron chi connectivity index (χ1n) is 7.93. The highest BCUT2D eigenvalue weighted by molar-refractivity contribution is 5.91. The topological polar surface area (TPSA) is 51.0 Å². The predicted octanol–water partition coefficient (Wildman–Crippen LogP) is 1.91. The van der Waals surface area contributed by atoms with Gasteiger partial charge in [0.05, 0.1) is 12.0 Å². The van der Waals surface area contributed by atoms with Crippen molar-refractivity contribution in [2.75, 3.05) is 7.05 Å². The Morgan fingerprint density at radius 3 is 2.77 bits per heavy atom. The third kappa shape index (κ3) is 2.03. The maximum absolute atomic E-state index is 12.9. The van der Waals surface area contributed by atoms with Crippen LogP contribution in [0.25, 0.3) is 0 Å². The summed E-state index contributed by atoms with van der Waals surface area (Å²) in [4.78, 5) is 14.7. The molecule has 5 nitrogen and oxygen atoms in total. The molecule has 5 heteroatoms. The van der Waals surface area contributed by atoms with Crippen molar-refractivity contribution in [2.45, 2.75) is 44.2 Å². The molecule has 0 bridgehead atoms. The number of aryl methyl sites for hydroxylation is 1. The zero-order chi connectivity index (χ0) is 15.2. The monoisotopic (exact) mass is 296 g/mol. The minimum Gasteiger partial charge on any atom is -0.337 e. The molecule has 1 saturated carbocycles. The molecule has 0 unspecified atom stereocenters. The maximum atomic E-state index is 12.9. The van der Waals surface area contributed by atoms with Crippen molar-refractivity contribution in [1.29, 1.82) is 0 Å². The quantitative estimate of drug-likeness (QED) is 0.866. The van der Waals surface area contributed by atoms with Crippen LogP contribution in [0, 0.1) is 0 Å². The van der Waals surface area contributed by atoms with Gasteiger partial charge >= 0.3 is 0 Å². The molecule has 114 valence electrons. The summed E-state index contributed by atoms with van der Waals surface area (Å²) >= 11 is 0. The first-order valence-corrected chi connectivity index (χ1v) is 7.93. The summed E-state index contributed by atoms with van der Waals surface area (Å²) in [5, 5.41) is 8.47. The zero-order valence-electron chi connectivity index (χ0n) is 12.8. The van der Waals surface area contributed by atoms with Gasteiger partial charge in [-0.1, -0.05) is 30.3 Å². The van der Waals surface area contributed by atoms with Gasteiger partial charge in [0.15, 0.2) is 5.82 Å². The number of carbonyl (C=O) groups excluding carboxylic acids is 1. The summed E-state index contributed by atoms with van der Waals surface area (Å²) in [5.74, 6) is 2.17. The lowest BCUT2D eigenvalue weighted by atomic mass is 9.94. The molecule has 1 aromatic heterocycles. The van der Waals surface area contributed by atoms with E-state index in [4.69, 9.17) is 0 Å². The molecular weight excluding hydrogens is 276 g/mol. The van der Waals surface area contributed by atoms with Crippen LogP contribution < -0.4 is 0 Å². The van der Waals surface area contributed by atoms with Gasteiger partial charge in [-0.2, -0.15) is 0 Å². The minimum absolute atomic E-state index is 0.203. The van der Waals surface area contributed by atoms with Crippen LogP contribution in [-0.4, -0.2) is 32.6 Å². The smallest absolute Gasteiger partial charge is 0.233 e. The molecule has 0 radical (unpaired) electrons. The maximum Gasteiger partial charge on any atom is 0.233 e. The third-order valence-electron chi connectivity index (χ3n) is 4.90. The summed E-state index contributed by atoms with van der Waals surface area (Å²) in [6, 6.07) is 10.1. The van der Waals surface area contributed by atoms with E-state index in [1.165, 1.54) is 0 Å². The van der Waals surface area contributed by atoms with Crippen molar-refractivity contribution in [1.82, 2.24) is 19.7 Å². The van der Waals surface area contributed by atoms with Gasteiger partial charge in [-0.3, -0.25) is 4.79 Å². The number of aromatic nitrogens is 3. The van der Waals surface area contributed by atoms with Crippen LogP contribution in [0.5, 0.6) is 0 Å². The van der Waals surface area contributed by atoms with E-state index in [1.807, 2.05) is 30.1 Å². The molecule has 0 spiro atoms. The number of carbonyl (C=O) groups is 1. The second kappa shape index (κ2) is 4.93. The molecule has 22 heavy (non-hydrogen) atoms. The van der Waals surface area contributed by atoms with E-state index in [0.29, 0.717) is 6.54 Å². The summed E-state index contributed by atoms with van der Waals surface area (Å²) in [5.41, 5.74) is 0.836. The van der Waals surface area contributed by atoms with Gasteiger partial charge in [0.1, 0.15) is 5.82 Å². The Morgan fingerprint density at radius 1 is 1.27 bits per heavy atom. The minimum atomic E-state index is -0.302. The molecular formula is C17H20N4O. The molecule has 2 heterocycles. The Labute approximate surface area is 130 Å². The first kappa shape index (κ1) is 13.5. The Kier molecular flexibility index (Phi) is 3.03. The number of fused-ring (bicyclic) bond motifs is 1. The molecule has 1 fully saturated rings. The lowest BCUT2D eigenvalue weighted by Crippen LogP contribution is -2.36. The van der Waals surface area contributed by atoms with E-state index >= 15 is 0 Å². The van der Waals surface area contributed by atoms with E-state index < -0.39 is 0 Å². The van der Waals surface area contributed by atoms with Crippen molar-refractivity contribution >= 4 is 5.91 Å². The highest BCUT2D eigenvalue weighted by atomic mass is 16.2. The summed E-state index contributed by atoms with van der Waals surface area (Å²) in [6.45, 7) is 1.52. The van der Waals surface area contributed by atoms with Gasteiger partial charge in [0, 0.05) is 20.0 Å². The fraction of sp³-hybridized carbons (Fsp3) is 0.471. The van der Waals surface area contributed by atoms with Gasteiger partial charge in [0.25, 0.3) is 0 Å². The third-order valence-corrected chi connectivity index (χ3v) is 4.90. The van der Waals surface area contributed by atoms with Gasteiger partial charge < -0.3 is 9.47 Å². The number of likely N-dealkylation sites (N-methyl/N-ethyl adjacent to an activating group) is 1. The highest BCUT2D eigenvalue weighted by Gasteiger charge is 2.52. The number of benzene rings is 1. The van der Waals surface area contributed by atoms with Gasteiger partial charge in [-0.25, -0.2) is 0 Å². The number of nitrogens with zero attached hydrogens (tertiary/aromatic N) is 4. The van der Waals surface area contributed by atoms with E-state index in [1.54, 1.807) is 0 Å². The van der Waals surface area contributed by atoms with Crippen LogP contribution in [0.3, 0.4) is 0 Å². The lowest BCUT2D eigenvalue weighted by molar-refractivity contribution is -0.133. The largest absolute Gasteiger partial charge is 0.337 e. The lowest BCUT2D eigenvalue weighted by Gasteiger charge is -2.23. The molecule has 1 aliphatic heterocycles. The Morgan fingerprint density at radius 2 is 2.05 bits per heavy atom. The van der Waals surface area contributed by atoms with Crippen molar-refractivity contribution in [3.05, 3.63) is 47.5 Å². The van der Waals surface area contributed by atoms with E-state index in [2.05, 4.69) is 26.9 Å². The molecule has 4 rings (SSSR count). The van der Waals surface area contributed by atoms with Crippen molar-refractivity contribution in [3.63, 3.8) is 0 Å². The number of hydrogen-bond donors (Lipinski definition) is 0. The Balaban J connectivity index is 1.53. The van der Waals surface area contributed by atoms with Crippen molar-refractivity contribution in [3.8, 4) is 0 Å². The van der Waals surface area contributed by atoms with Crippen LogP contribution in [0.15, 0.2) is 30.3 Å². The molecule has 1 aromatic carbocycles. The van der Waals surface area contributed by atoms with Crippen LogP contribution >= 0.6 is 0 Å².